The zero-order valence-corrected chi connectivity index (χ0v) is 9.76. The summed E-state index contributed by atoms with van der Waals surface area (Å²) in [4.78, 5) is 22.5. The maximum absolute atomic E-state index is 11.8. The topological polar surface area (TPSA) is 78.4 Å². The second kappa shape index (κ2) is 5.05. The molecule has 6 heteroatoms. The molecule has 0 aromatic rings. The Morgan fingerprint density at radius 1 is 1.50 bits per heavy atom. The molecule has 1 amide bonds. The first-order chi connectivity index (χ1) is 7.66. The molecule has 0 bridgehead atoms. The number of aliphatic carboxylic acids is 1. The first-order valence-electron chi connectivity index (χ1n) is 5.50. The standard InChI is InChI=1S/C10H16N2O3S/c13-9(14)3-7(6-1-2-6)12-10(15)8-4-16-5-11-8/h6-8,11H,1-5H2,(H,12,15)(H,13,14). The number of nitrogens with one attached hydrogen (secondary N) is 2. The average molecular weight is 244 g/mol. The summed E-state index contributed by atoms with van der Waals surface area (Å²) in [6.07, 6.45) is 2.10. The van der Waals surface area contributed by atoms with E-state index in [1.165, 1.54) is 0 Å². The summed E-state index contributed by atoms with van der Waals surface area (Å²) in [6.45, 7) is 0. The lowest BCUT2D eigenvalue weighted by Gasteiger charge is -2.18. The normalized spacial score (nSPS) is 26.4. The van der Waals surface area contributed by atoms with Crippen LogP contribution >= 0.6 is 11.8 Å². The smallest absolute Gasteiger partial charge is 0.305 e. The summed E-state index contributed by atoms with van der Waals surface area (Å²) in [7, 11) is 0. The second-order valence-corrected chi connectivity index (χ2v) is 5.35. The van der Waals surface area contributed by atoms with Gasteiger partial charge in [0, 0.05) is 17.7 Å². The number of carboxylic acids is 1. The Morgan fingerprint density at radius 3 is 2.75 bits per heavy atom. The van der Waals surface area contributed by atoms with Crippen molar-refractivity contribution in [2.24, 2.45) is 5.92 Å². The summed E-state index contributed by atoms with van der Waals surface area (Å²) in [5.74, 6) is 1.05. The number of carbonyl (C=O) groups is 2. The van der Waals surface area contributed by atoms with Crippen molar-refractivity contribution in [1.82, 2.24) is 10.6 Å². The molecule has 16 heavy (non-hydrogen) atoms. The number of amides is 1. The summed E-state index contributed by atoms with van der Waals surface area (Å²) in [5.41, 5.74) is 0. The Morgan fingerprint density at radius 2 is 2.25 bits per heavy atom. The van der Waals surface area contributed by atoms with Gasteiger partial charge in [0.05, 0.1) is 12.5 Å². The quantitative estimate of drug-likeness (QED) is 0.635. The molecule has 1 saturated carbocycles. The van der Waals surface area contributed by atoms with Gasteiger partial charge in [-0.3, -0.25) is 14.9 Å². The minimum Gasteiger partial charge on any atom is -0.481 e. The van der Waals surface area contributed by atoms with Crippen LogP contribution in [0.15, 0.2) is 0 Å². The molecule has 3 N–H and O–H groups in total. The molecule has 2 aliphatic rings. The summed E-state index contributed by atoms with van der Waals surface area (Å²) >= 11 is 1.69. The van der Waals surface area contributed by atoms with Crippen molar-refractivity contribution in [2.75, 3.05) is 11.6 Å². The Bertz CT molecular complexity index is 288. The fourth-order valence-electron chi connectivity index (χ4n) is 1.87. The number of carbonyl (C=O) groups excluding carboxylic acids is 1. The molecule has 1 heterocycles. The number of carboxylic acid groups (broad SMARTS) is 1. The molecule has 1 saturated heterocycles. The van der Waals surface area contributed by atoms with Crippen LogP contribution in [0.25, 0.3) is 0 Å². The van der Waals surface area contributed by atoms with Gasteiger partial charge in [0.15, 0.2) is 0 Å². The molecular formula is C10H16N2O3S. The fourth-order valence-corrected chi connectivity index (χ4v) is 2.81. The van der Waals surface area contributed by atoms with E-state index < -0.39 is 5.97 Å². The van der Waals surface area contributed by atoms with Crippen LogP contribution < -0.4 is 10.6 Å². The molecule has 90 valence electrons. The second-order valence-electron chi connectivity index (χ2n) is 4.32. The predicted molar refractivity (Wildman–Crippen MR) is 61.2 cm³/mol. The van der Waals surface area contributed by atoms with E-state index >= 15 is 0 Å². The Balaban J connectivity index is 1.84. The molecule has 1 aliphatic carbocycles. The molecule has 0 spiro atoms. The van der Waals surface area contributed by atoms with Crippen molar-refractivity contribution in [3.05, 3.63) is 0 Å². The van der Waals surface area contributed by atoms with Gasteiger partial charge in [-0.25, -0.2) is 0 Å². The monoisotopic (exact) mass is 244 g/mol. The third kappa shape index (κ3) is 3.12. The van der Waals surface area contributed by atoms with Crippen LogP contribution in [0.1, 0.15) is 19.3 Å². The van der Waals surface area contributed by atoms with Gasteiger partial charge in [0.25, 0.3) is 0 Å². The van der Waals surface area contributed by atoms with Gasteiger partial charge < -0.3 is 10.4 Å². The minimum atomic E-state index is -0.842. The van der Waals surface area contributed by atoms with Crippen LogP contribution in [0.4, 0.5) is 0 Å². The van der Waals surface area contributed by atoms with Crippen LogP contribution in [-0.4, -0.2) is 40.7 Å². The van der Waals surface area contributed by atoms with Crippen LogP contribution in [0.5, 0.6) is 0 Å². The van der Waals surface area contributed by atoms with Gasteiger partial charge in [0.1, 0.15) is 0 Å². The van der Waals surface area contributed by atoms with Crippen LogP contribution in [0, 0.1) is 5.92 Å². The number of thioether (sulfide) groups is 1. The van der Waals surface area contributed by atoms with E-state index in [1.807, 2.05) is 0 Å². The van der Waals surface area contributed by atoms with Gasteiger partial charge >= 0.3 is 5.97 Å². The number of rotatable bonds is 5. The lowest BCUT2D eigenvalue weighted by molar-refractivity contribution is -0.138. The van der Waals surface area contributed by atoms with E-state index in [2.05, 4.69) is 10.6 Å². The first kappa shape index (κ1) is 11.7. The van der Waals surface area contributed by atoms with Crippen molar-refractivity contribution in [1.29, 1.82) is 0 Å². The highest BCUT2D eigenvalue weighted by atomic mass is 32.2. The fraction of sp³-hybridized carbons (Fsp3) is 0.800. The lowest BCUT2D eigenvalue weighted by Crippen LogP contribution is -2.47. The molecule has 2 atom stereocenters. The van der Waals surface area contributed by atoms with E-state index in [4.69, 9.17) is 5.11 Å². The highest BCUT2D eigenvalue weighted by Crippen LogP contribution is 2.34. The largest absolute Gasteiger partial charge is 0.481 e. The van der Waals surface area contributed by atoms with Gasteiger partial charge in [-0.2, -0.15) is 0 Å². The SMILES string of the molecule is O=C(O)CC(NC(=O)C1CSCN1)C1CC1. The van der Waals surface area contributed by atoms with Crippen molar-refractivity contribution in [2.45, 2.75) is 31.3 Å². The van der Waals surface area contributed by atoms with Crippen LogP contribution in [0.2, 0.25) is 0 Å². The Hall–Kier alpha value is -0.750. The summed E-state index contributed by atoms with van der Waals surface area (Å²) in [6, 6.07) is -0.336. The zero-order valence-electron chi connectivity index (χ0n) is 8.94. The summed E-state index contributed by atoms with van der Waals surface area (Å²) < 4.78 is 0. The minimum absolute atomic E-state index is 0.0380. The van der Waals surface area contributed by atoms with Crippen molar-refractivity contribution >= 4 is 23.6 Å². The number of hydrogen-bond acceptors (Lipinski definition) is 4. The zero-order chi connectivity index (χ0) is 11.5. The predicted octanol–water partition coefficient (Wildman–Crippen LogP) is 0.0184. The molecule has 0 aromatic heterocycles. The van der Waals surface area contributed by atoms with E-state index in [9.17, 15) is 9.59 Å². The summed E-state index contributed by atoms with van der Waals surface area (Å²) in [5, 5.41) is 14.7. The first-order valence-corrected chi connectivity index (χ1v) is 6.65. The third-order valence-electron chi connectivity index (χ3n) is 2.95. The van der Waals surface area contributed by atoms with Gasteiger partial charge in [-0.15, -0.1) is 11.8 Å². The molecular weight excluding hydrogens is 228 g/mol. The van der Waals surface area contributed by atoms with Gasteiger partial charge in [-0.05, 0) is 18.8 Å². The van der Waals surface area contributed by atoms with E-state index in [1.54, 1.807) is 11.8 Å². The molecule has 2 unspecified atom stereocenters. The molecule has 2 fully saturated rings. The Labute approximate surface area is 98.4 Å². The third-order valence-corrected chi connectivity index (χ3v) is 3.89. The molecule has 0 aromatic carbocycles. The Kier molecular flexibility index (Phi) is 3.70. The number of hydrogen-bond donors (Lipinski definition) is 3. The average Bonchev–Trinajstić information content (AvgIpc) is 2.91. The van der Waals surface area contributed by atoms with Crippen molar-refractivity contribution in [3.8, 4) is 0 Å². The van der Waals surface area contributed by atoms with Crippen molar-refractivity contribution < 1.29 is 14.7 Å². The maximum atomic E-state index is 11.8. The van der Waals surface area contributed by atoms with E-state index in [0.29, 0.717) is 5.92 Å². The van der Waals surface area contributed by atoms with Crippen LogP contribution in [0.3, 0.4) is 0 Å². The maximum Gasteiger partial charge on any atom is 0.305 e. The van der Waals surface area contributed by atoms with Gasteiger partial charge in [0.2, 0.25) is 5.91 Å². The molecule has 2 rings (SSSR count). The van der Waals surface area contributed by atoms with E-state index in [-0.39, 0.29) is 24.4 Å². The van der Waals surface area contributed by atoms with Crippen molar-refractivity contribution in [3.63, 3.8) is 0 Å². The molecule has 1 aliphatic heterocycles. The van der Waals surface area contributed by atoms with E-state index in [0.717, 1.165) is 24.5 Å². The highest BCUT2D eigenvalue weighted by molar-refractivity contribution is 7.99. The molecule has 5 nitrogen and oxygen atoms in total. The highest BCUT2D eigenvalue weighted by Gasteiger charge is 2.35. The van der Waals surface area contributed by atoms with Gasteiger partial charge in [-0.1, -0.05) is 0 Å². The van der Waals surface area contributed by atoms with Crippen LogP contribution in [-0.2, 0) is 9.59 Å². The lowest BCUT2D eigenvalue weighted by atomic mass is 10.1. The molecule has 0 radical (unpaired) electrons.